The van der Waals surface area contributed by atoms with Gasteiger partial charge in [-0.05, 0) is 79.7 Å². The van der Waals surface area contributed by atoms with Gasteiger partial charge in [-0.1, -0.05) is 56.9 Å². The summed E-state index contributed by atoms with van der Waals surface area (Å²) in [6.07, 6.45) is 15.0. The van der Waals surface area contributed by atoms with E-state index in [0.29, 0.717) is 29.2 Å². The Morgan fingerprint density at radius 1 is 1.03 bits per heavy atom. The fraction of sp³-hybridized carbons (Fsp3) is 0.571. The Morgan fingerprint density at radius 2 is 1.84 bits per heavy atom. The van der Waals surface area contributed by atoms with Crippen molar-refractivity contribution >= 4 is 10.8 Å². The number of ether oxygens (including phenoxy) is 1. The zero-order chi connectivity index (χ0) is 21.8. The molecule has 0 heterocycles. The first-order chi connectivity index (χ1) is 15.1. The summed E-state index contributed by atoms with van der Waals surface area (Å²) >= 11 is 0. The van der Waals surface area contributed by atoms with Crippen LogP contribution in [0.5, 0.6) is 5.75 Å². The predicted molar refractivity (Wildman–Crippen MR) is 125 cm³/mol. The molecule has 1 nitrogen and oxygen atoms in total. The summed E-state index contributed by atoms with van der Waals surface area (Å²) < 4.78 is 35.9. The van der Waals surface area contributed by atoms with Crippen molar-refractivity contribution in [3.63, 3.8) is 0 Å². The van der Waals surface area contributed by atoms with Crippen LogP contribution >= 0.6 is 0 Å². The molecule has 2 saturated carbocycles. The highest BCUT2D eigenvalue weighted by atomic mass is 19.1. The number of unbranched alkanes of at least 4 members (excludes halogenated alkanes) is 1. The van der Waals surface area contributed by atoms with Gasteiger partial charge < -0.3 is 4.74 Å². The molecule has 2 aromatic carbocycles. The van der Waals surface area contributed by atoms with E-state index in [4.69, 9.17) is 4.74 Å². The van der Waals surface area contributed by atoms with Crippen molar-refractivity contribution in [3.8, 4) is 5.75 Å². The van der Waals surface area contributed by atoms with Crippen molar-refractivity contribution in [2.45, 2.75) is 77.6 Å². The molecule has 2 fully saturated rings. The van der Waals surface area contributed by atoms with Gasteiger partial charge in [-0.25, -0.2) is 8.78 Å². The monoisotopic (exact) mass is 426 g/mol. The summed E-state index contributed by atoms with van der Waals surface area (Å²) in [5, 5.41) is 0.683. The Labute approximate surface area is 185 Å². The van der Waals surface area contributed by atoms with E-state index in [1.54, 1.807) is 6.07 Å². The number of benzene rings is 2. The van der Waals surface area contributed by atoms with Crippen LogP contribution in [0, 0.1) is 29.4 Å². The SMILES string of the molecule is CC=CCOc1cc(F)c2c(F)c(C3CCC4CC(CCCC)CCC4C3)ccc2c1. The second-order valence-corrected chi connectivity index (χ2v) is 9.70. The lowest BCUT2D eigenvalue weighted by Crippen LogP contribution is -2.30. The molecule has 0 aliphatic heterocycles. The molecule has 4 unspecified atom stereocenters. The van der Waals surface area contributed by atoms with E-state index in [0.717, 1.165) is 24.7 Å². The second kappa shape index (κ2) is 10.1. The number of fused-ring (bicyclic) bond motifs is 2. The lowest BCUT2D eigenvalue weighted by atomic mass is 9.63. The number of hydrogen-bond donors (Lipinski definition) is 0. The van der Waals surface area contributed by atoms with Crippen LogP contribution in [0.3, 0.4) is 0 Å². The van der Waals surface area contributed by atoms with Gasteiger partial charge in [-0.3, -0.25) is 0 Å². The third-order valence-electron chi connectivity index (χ3n) is 7.72. The van der Waals surface area contributed by atoms with E-state index in [2.05, 4.69) is 6.92 Å². The Hall–Kier alpha value is -1.90. The highest BCUT2D eigenvalue weighted by Gasteiger charge is 2.36. The molecule has 2 aliphatic rings. The first-order valence-electron chi connectivity index (χ1n) is 12.3. The summed E-state index contributed by atoms with van der Waals surface area (Å²) in [5.41, 5.74) is 0.709. The third kappa shape index (κ3) is 4.96. The van der Waals surface area contributed by atoms with E-state index in [1.807, 2.05) is 31.2 Å². The maximum absolute atomic E-state index is 15.5. The minimum atomic E-state index is -0.530. The van der Waals surface area contributed by atoms with Crippen molar-refractivity contribution < 1.29 is 13.5 Å². The largest absolute Gasteiger partial charge is 0.489 e. The minimum Gasteiger partial charge on any atom is -0.489 e. The normalized spacial score (nSPS) is 26.3. The molecule has 168 valence electrons. The molecule has 4 atom stereocenters. The fourth-order valence-electron chi connectivity index (χ4n) is 6.03. The van der Waals surface area contributed by atoms with Crippen LogP contribution in [-0.2, 0) is 0 Å². The predicted octanol–water partition coefficient (Wildman–Crippen LogP) is 8.56. The Bertz CT molecular complexity index is 919. The Balaban J connectivity index is 1.49. The lowest BCUT2D eigenvalue weighted by molar-refractivity contribution is 0.113. The maximum atomic E-state index is 15.5. The molecular weight excluding hydrogens is 390 g/mol. The number of rotatable bonds is 7. The maximum Gasteiger partial charge on any atom is 0.137 e. The summed E-state index contributed by atoms with van der Waals surface area (Å²) in [6.45, 7) is 4.56. The molecule has 2 aromatic rings. The summed E-state index contributed by atoms with van der Waals surface area (Å²) in [7, 11) is 0. The van der Waals surface area contributed by atoms with Crippen molar-refractivity contribution in [2.24, 2.45) is 17.8 Å². The standard InChI is InChI=1S/C28H36F2O/c1-3-5-7-19-8-9-21-16-22(11-10-20(21)15-19)25-13-12-23-17-24(31-14-6-4-2)18-26(29)27(23)28(25)30/h4,6,12-13,17-22H,3,5,7-11,14-16H2,1-2H3. The molecule has 2 aliphatic carbocycles. The van der Waals surface area contributed by atoms with E-state index in [9.17, 15) is 4.39 Å². The molecule has 3 heteroatoms. The summed E-state index contributed by atoms with van der Waals surface area (Å²) in [4.78, 5) is 0. The molecule has 0 radical (unpaired) electrons. The summed E-state index contributed by atoms with van der Waals surface area (Å²) in [6, 6.07) is 6.81. The van der Waals surface area contributed by atoms with E-state index < -0.39 is 5.82 Å². The molecule has 31 heavy (non-hydrogen) atoms. The van der Waals surface area contributed by atoms with Crippen LogP contribution in [0.1, 0.15) is 83.1 Å². The van der Waals surface area contributed by atoms with Gasteiger partial charge in [-0.2, -0.15) is 0 Å². The van der Waals surface area contributed by atoms with Crippen LogP contribution < -0.4 is 4.74 Å². The average Bonchev–Trinajstić information content (AvgIpc) is 2.77. The molecule has 0 saturated heterocycles. The van der Waals surface area contributed by atoms with Gasteiger partial charge in [-0.15, -0.1) is 0 Å². The Kier molecular flexibility index (Phi) is 7.30. The van der Waals surface area contributed by atoms with Crippen LogP contribution in [-0.4, -0.2) is 6.61 Å². The molecular formula is C28H36F2O. The van der Waals surface area contributed by atoms with Crippen LogP contribution in [0.25, 0.3) is 10.8 Å². The van der Waals surface area contributed by atoms with Gasteiger partial charge in [0.1, 0.15) is 24.0 Å². The molecule has 0 bridgehead atoms. The first-order valence-corrected chi connectivity index (χ1v) is 12.3. The lowest BCUT2D eigenvalue weighted by Gasteiger charge is -2.42. The molecule has 4 rings (SSSR count). The molecule has 0 spiro atoms. The van der Waals surface area contributed by atoms with Crippen LogP contribution in [0.4, 0.5) is 8.78 Å². The second-order valence-electron chi connectivity index (χ2n) is 9.70. The van der Waals surface area contributed by atoms with E-state index in [1.165, 1.54) is 51.0 Å². The minimum absolute atomic E-state index is 0.112. The van der Waals surface area contributed by atoms with Gasteiger partial charge in [0, 0.05) is 6.07 Å². The van der Waals surface area contributed by atoms with Gasteiger partial charge >= 0.3 is 0 Å². The van der Waals surface area contributed by atoms with Crippen molar-refractivity contribution in [1.29, 1.82) is 0 Å². The van der Waals surface area contributed by atoms with E-state index in [-0.39, 0.29) is 17.1 Å². The average molecular weight is 427 g/mol. The Morgan fingerprint density at radius 3 is 2.65 bits per heavy atom. The zero-order valence-electron chi connectivity index (χ0n) is 19.0. The van der Waals surface area contributed by atoms with Gasteiger partial charge in [0.25, 0.3) is 0 Å². The number of halogens is 2. The smallest absolute Gasteiger partial charge is 0.137 e. The highest BCUT2D eigenvalue weighted by molar-refractivity contribution is 5.86. The quantitative estimate of drug-likeness (QED) is 0.403. The molecule has 0 aromatic heterocycles. The third-order valence-corrected chi connectivity index (χ3v) is 7.72. The van der Waals surface area contributed by atoms with Gasteiger partial charge in [0.2, 0.25) is 0 Å². The molecule has 0 amide bonds. The zero-order valence-corrected chi connectivity index (χ0v) is 19.0. The fourth-order valence-corrected chi connectivity index (χ4v) is 6.03. The highest BCUT2D eigenvalue weighted by Crippen LogP contribution is 2.49. The van der Waals surface area contributed by atoms with Crippen molar-refractivity contribution in [3.05, 3.63) is 53.6 Å². The van der Waals surface area contributed by atoms with Gasteiger partial charge in [0.05, 0.1) is 5.39 Å². The summed E-state index contributed by atoms with van der Waals surface area (Å²) in [5.74, 6) is 2.17. The topological polar surface area (TPSA) is 9.23 Å². The van der Waals surface area contributed by atoms with Crippen LogP contribution in [0.15, 0.2) is 36.4 Å². The first kappa shape index (κ1) is 22.3. The van der Waals surface area contributed by atoms with Crippen molar-refractivity contribution in [2.75, 3.05) is 6.61 Å². The van der Waals surface area contributed by atoms with E-state index >= 15 is 4.39 Å². The van der Waals surface area contributed by atoms with Crippen molar-refractivity contribution in [1.82, 2.24) is 0 Å². The van der Waals surface area contributed by atoms with Gasteiger partial charge in [0.15, 0.2) is 0 Å². The van der Waals surface area contributed by atoms with Crippen LogP contribution in [0.2, 0.25) is 0 Å². The number of allylic oxidation sites excluding steroid dienone is 1. The number of hydrogen-bond acceptors (Lipinski definition) is 1. The molecule has 0 N–H and O–H groups in total.